The van der Waals surface area contributed by atoms with Crippen molar-refractivity contribution in [3.8, 4) is 0 Å². The van der Waals surface area contributed by atoms with Gasteiger partial charge in [0.2, 0.25) is 11.8 Å². The van der Waals surface area contributed by atoms with E-state index in [4.69, 9.17) is 0 Å². The van der Waals surface area contributed by atoms with E-state index in [1.807, 2.05) is 57.2 Å². The van der Waals surface area contributed by atoms with Crippen LogP contribution in [0.2, 0.25) is 0 Å². The van der Waals surface area contributed by atoms with Crippen LogP contribution < -0.4 is 10.2 Å². The maximum atomic E-state index is 12.6. The number of carbonyl (C=O) groups is 2. The fourth-order valence-corrected chi connectivity index (χ4v) is 3.47. The molecule has 2 aromatic rings. The second-order valence-corrected chi connectivity index (χ2v) is 7.40. The molecule has 0 radical (unpaired) electrons. The summed E-state index contributed by atoms with van der Waals surface area (Å²) in [4.78, 5) is 26.7. The molecule has 2 amide bonds. The highest BCUT2D eigenvalue weighted by molar-refractivity contribution is 9.10. The molecule has 2 aromatic carbocycles. The van der Waals surface area contributed by atoms with Gasteiger partial charge < -0.3 is 10.2 Å². The van der Waals surface area contributed by atoms with Crippen molar-refractivity contribution < 1.29 is 9.59 Å². The van der Waals surface area contributed by atoms with Gasteiger partial charge in [0.15, 0.2) is 0 Å². The molecule has 0 saturated carbocycles. The van der Waals surface area contributed by atoms with Gasteiger partial charge in [-0.15, -0.1) is 0 Å². The molecule has 4 nitrogen and oxygen atoms in total. The standard InChI is InChI=1S/C20H21BrN2O2/c1-12-6-4-5-7-17(12)23-11-15(10-18(23)24)20(25)22-16-8-13(2)19(21)14(3)9-16/h4-9,15H,10-11H2,1-3H3,(H,22,25)/t15-/m0/s1. The van der Waals surface area contributed by atoms with Gasteiger partial charge in [-0.05, 0) is 55.7 Å². The van der Waals surface area contributed by atoms with E-state index in [0.717, 1.165) is 32.5 Å². The minimum absolute atomic E-state index is 0.00221. The summed E-state index contributed by atoms with van der Waals surface area (Å²) in [6.45, 7) is 6.38. The van der Waals surface area contributed by atoms with Crippen molar-refractivity contribution in [1.29, 1.82) is 0 Å². The molecule has 0 unspecified atom stereocenters. The van der Waals surface area contributed by atoms with Gasteiger partial charge in [0, 0.05) is 28.8 Å². The van der Waals surface area contributed by atoms with Crippen molar-refractivity contribution in [3.05, 3.63) is 57.6 Å². The van der Waals surface area contributed by atoms with Gasteiger partial charge >= 0.3 is 0 Å². The Labute approximate surface area is 156 Å². The second-order valence-electron chi connectivity index (χ2n) is 6.61. The van der Waals surface area contributed by atoms with Crippen molar-refractivity contribution in [1.82, 2.24) is 0 Å². The molecule has 3 rings (SSSR count). The number of rotatable bonds is 3. The number of para-hydroxylation sites is 1. The van der Waals surface area contributed by atoms with Gasteiger partial charge in [-0.25, -0.2) is 0 Å². The Morgan fingerprint density at radius 2 is 1.76 bits per heavy atom. The lowest BCUT2D eigenvalue weighted by atomic mass is 10.1. The van der Waals surface area contributed by atoms with Gasteiger partial charge in [0.25, 0.3) is 0 Å². The Morgan fingerprint density at radius 3 is 2.40 bits per heavy atom. The molecule has 1 aliphatic rings. The van der Waals surface area contributed by atoms with Crippen LogP contribution in [0.25, 0.3) is 0 Å². The van der Waals surface area contributed by atoms with Crippen molar-refractivity contribution in [2.24, 2.45) is 5.92 Å². The van der Waals surface area contributed by atoms with Crippen LogP contribution in [0.3, 0.4) is 0 Å². The first-order chi connectivity index (χ1) is 11.9. The molecule has 0 bridgehead atoms. The molecular weight excluding hydrogens is 380 g/mol. The number of nitrogens with zero attached hydrogens (tertiary/aromatic N) is 1. The van der Waals surface area contributed by atoms with Crippen LogP contribution in [0, 0.1) is 26.7 Å². The molecule has 1 aliphatic heterocycles. The lowest BCUT2D eigenvalue weighted by Crippen LogP contribution is -2.28. The van der Waals surface area contributed by atoms with E-state index < -0.39 is 0 Å². The van der Waals surface area contributed by atoms with Crippen LogP contribution in [0.15, 0.2) is 40.9 Å². The largest absolute Gasteiger partial charge is 0.326 e. The van der Waals surface area contributed by atoms with Crippen LogP contribution >= 0.6 is 15.9 Å². The van der Waals surface area contributed by atoms with Gasteiger partial charge in [-0.1, -0.05) is 34.1 Å². The van der Waals surface area contributed by atoms with Gasteiger partial charge in [0.1, 0.15) is 0 Å². The van der Waals surface area contributed by atoms with E-state index in [0.29, 0.717) is 6.54 Å². The van der Waals surface area contributed by atoms with Gasteiger partial charge in [-0.3, -0.25) is 9.59 Å². The first-order valence-electron chi connectivity index (χ1n) is 8.30. The van der Waals surface area contributed by atoms with Crippen molar-refractivity contribution in [2.75, 3.05) is 16.8 Å². The predicted molar refractivity (Wildman–Crippen MR) is 104 cm³/mol. The molecule has 1 fully saturated rings. The number of carbonyl (C=O) groups excluding carboxylic acids is 2. The molecule has 0 aliphatic carbocycles. The van der Waals surface area contributed by atoms with Crippen molar-refractivity contribution in [3.63, 3.8) is 0 Å². The van der Waals surface area contributed by atoms with E-state index >= 15 is 0 Å². The van der Waals surface area contributed by atoms with E-state index in [9.17, 15) is 9.59 Å². The lowest BCUT2D eigenvalue weighted by Gasteiger charge is -2.19. The summed E-state index contributed by atoms with van der Waals surface area (Å²) >= 11 is 3.53. The fourth-order valence-electron chi connectivity index (χ4n) is 3.24. The zero-order valence-corrected chi connectivity index (χ0v) is 16.2. The van der Waals surface area contributed by atoms with Crippen LogP contribution in [0.1, 0.15) is 23.1 Å². The Kier molecular flexibility index (Phi) is 4.95. The van der Waals surface area contributed by atoms with E-state index in [2.05, 4.69) is 21.2 Å². The lowest BCUT2D eigenvalue weighted by molar-refractivity contribution is -0.122. The number of anilines is 2. The average Bonchev–Trinajstić information content (AvgIpc) is 2.95. The number of nitrogens with one attached hydrogen (secondary N) is 1. The minimum Gasteiger partial charge on any atom is -0.326 e. The van der Waals surface area contributed by atoms with Gasteiger partial charge in [0.05, 0.1) is 5.92 Å². The summed E-state index contributed by atoms with van der Waals surface area (Å²) < 4.78 is 1.05. The molecule has 1 atom stereocenters. The SMILES string of the molecule is Cc1ccccc1N1C[C@@H](C(=O)Nc2cc(C)c(Br)c(C)c2)CC1=O. The average molecular weight is 401 g/mol. The Hall–Kier alpha value is -2.14. The van der Waals surface area contributed by atoms with E-state index in [1.165, 1.54) is 0 Å². The third kappa shape index (κ3) is 3.61. The van der Waals surface area contributed by atoms with Crippen molar-refractivity contribution >= 4 is 39.1 Å². The minimum atomic E-state index is -0.337. The first kappa shape index (κ1) is 17.7. The molecule has 5 heteroatoms. The number of hydrogen-bond donors (Lipinski definition) is 1. The molecule has 25 heavy (non-hydrogen) atoms. The van der Waals surface area contributed by atoms with Crippen LogP contribution in [0.5, 0.6) is 0 Å². The molecular formula is C20H21BrN2O2. The summed E-state index contributed by atoms with van der Waals surface area (Å²) in [6, 6.07) is 11.6. The second kappa shape index (κ2) is 7.00. The smallest absolute Gasteiger partial charge is 0.229 e. The molecule has 130 valence electrons. The summed E-state index contributed by atoms with van der Waals surface area (Å²) in [6.07, 6.45) is 0.245. The maximum absolute atomic E-state index is 12.6. The summed E-state index contributed by atoms with van der Waals surface area (Å²) in [5, 5.41) is 2.96. The van der Waals surface area contributed by atoms with Gasteiger partial charge in [-0.2, -0.15) is 0 Å². The van der Waals surface area contributed by atoms with Crippen molar-refractivity contribution in [2.45, 2.75) is 27.2 Å². The quantitative estimate of drug-likeness (QED) is 0.831. The number of hydrogen-bond acceptors (Lipinski definition) is 2. The molecule has 0 spiro atoms. The van der Waals surface area contributed by atoms with Crippen LogP contribution in [-0.2, 0) is 9.59 Å². The zero-order valence-electron chi connectivity index (χ0n) is 14.6. The number of amides is 2. The number of halogens is 1. The molecule has 0 aromatic heterocycles. The Bertz CT molecular complexity index is 824. The zero-order chi connectivity index (χ0) is 18.1. The Balaban J connectivity index is 1.74. The van der Waals surface area contributed by atoms with Crippen LogP contribution in [0.4, 0.5) is 11.4 Å². The fraction of sp³-hybridized carbons (Fsp3) is 0.300. The number of aryl methyl sites for hydroxylation is 3. The third-order valence-corrected chi connectivity index (χ3v) is 5.86. The highest BCUT2D eigenvalue weighted by Gasteiger charge is 2.35. The predicted octanol–water partition coefficient (Wildman–Crippen LogP) is 4.37. The summed E-state index contributed by atoms with van der Waals surface area (Å²) in [7, 11) is 0. The molecule has 1 saturated heterocycles. The van der Waals surface area contributed by atoms with E-state index in [1.54, 1.807) is 4.90 Å². The van der Waals surface area contributed by atoms with E-state index in [-0.39, 0.29) is 24.2 Å². The summed E-state index contributed by atoms with van der Waals surface area (Å²) in [5.74, 6) is -0.445. The molecule has 1 heterocycles. The number of benzene rings is 2. The highest BCUT2D eigenvalue weighted by atomic mass is 79.9. The Morgan fingerprint density at radius 1 is 1.12 bits per heavy atom. The normalized spacial score (nSPS) is 17.0. The van der Waals surface area contributed by atoms with Crippen LogP contribution in [-0.4, -0.2) is 18.4 Å². The monoisotopic (exact) mass is 400 g/mol. The maximum Gasteiger partial charge on any atom is 0.229 e. The first-order valence-corrected chi connectivity index (χ1v) is 9.09. The topological polar surface area (TPSA) is 49.4 Å². The summed E-state index contributed by atoms with van der Waals surface area (Å²) in [5.41, 5.74) is 4.83. The molecule has 1 N–H and O–H groups in total. The highest BCUT2D eigenvalue weighted by Crippen LogP contribution is 2.29. The third-order valence-electron chi connectivity index (χ3n) is 4.61.